The van der Waals surface area contributed by atoms with Crippen molar-refractivity contribution in [2.45, 2.75) is 0 Å². The monoisotopic (exact) mass is 224 g/mol. The molecule has 2 rings (SSSR count). The highest BCUT2D eigenvalue weighted by atomic mass is 19.1. The van der Waals surface area contributed by atoms with Gasteiger partial charge >= 0.3 is 5.97 Å². The van der Waals surface area contributed by atoms with E-state index in [1.54, 1.807) is 0 Å². The van der Waals surface area contributed by atoms with Crippen LogP contribution in [-0.2, 0) is 0 Å². The molecule has 2 N–H and O–H groups in total. The third-order valence-electron chi connectivity index (χ3n) is 1.71. The van der Waals surface area contributed by atoms with Crippen LogP contribution in [0.3, 0.4) is 0 Å². The van der Waals surface area contributed by atoms with Gasteiger partial charge in [0.15, 0.2) is 11.5 Å². The fourth-order valence-corrected chi connectivity index (χ4v) is 1.04. The van der Waals surface area contributed by atoms with Gasteiger partial charge in [0, 0.05) is 6.07 Å². The minimum atomic E-state index is -1.30. The fraction of sp³-hybridized carbons (Fsp3) is 0. The van der Waals surface area contributed by atoms with Crippen LogP contribution >= 0.6 is 0 Å². The van der Waals surface area contributed by atoms with E-state index in [0.717, 1.165) is 23.1 Å². The summed E-state index contributed by atoms with van der Waals surface area (Å²) in [5, 5.41) is 21.5. The lowest BCUT2D eigenvalue weighted by molar-refractivity contribution is 0.0690. The van der Waals surface area contributed by atoms with Crippen molar-refractivity contribution in [1.29, 1.82) is 0 Å². The van der Waals surface area contributed by atoms with Crippen LogP contribution in [0.2, 0.25) is 0 Å². The number of carboxylic acids is 1. The Morgan fingerprint density at radius 1 is 1.38 bits per heavy atom. The first-order valence-electron chi connectivity index (χ1n) is 4.08. The lowest BCUT2D eigenvalue weighted by Gasteiger charge is -1.98. The van der Waals surface area contributed by atoms with Crippen molar-refractivity contribution in [3.63, 3.8) is 0 Å². The molecular weight excluding hydrogens is 219 g/mol. The molecule has 0 aliphatic heterocycles. The predicted molar refractivity (Wildman–Crippen MR) is 47.7 cm³/mol. The number of carboxylic acid groups (broad SMARTS) is 1. The van der Waals surface area contributed by atoms with Gasteiger partial charge in [0.2, 0.25) is 5.88 Å². The topological polar surface area (TPSA) is 101 Å². The van der Waals surface area contributed by atoms with Gasteiger partial charge in [0.25, 0.3) is 5.95 Å². The summed E-state index contributed by atoms with van der Waals surface area (Å²) in [6.07, 6.45) is 1.76. The van der Waals surface area contributed by atoms with Crippen molar-refractivity contribution >= 4 is 5.97 Å². The van der Waals surface area contributed by atoms with E-state index in [9.17, 15) is 14.3 Å². The molecule has 2 heterocycles. The summed E-state index contributed by atoms with van der Waals surface area (Å²) in [5.41, 5.74) is -0.356. The second-order valence-corrected chi connectivity index (χ2v) is 2.81. The number of aromatic hydroxyl groups is 1. The van der Waals surface area contributed by atoms with Crippen LogP contribution in [0.15, 0.2) is 18.5 Å². The van der Waals surface area contributed by atoms with Crippen molar-refractivity contribution in [3.05, 3.63) is 30.0 Å². The van der Waals surface area contributed by atoms with Gasteiger partial charge in [-0.25, -0.2) is 19.2 Å². The molecule has 82 valence electrons. The Labute approximate surface area is 87.8 Å². The molecule has 0 unspecified atom stereocenters. The smallest absolute Gasteiger partial charge is 0.356 e. The number of aromatic carboxylic acids is 1. The minimum Gasteiger partial charge on any atom is -0.493 e. The molecule has 2 aromatic heterocycles. The molecule has 0 amide bonds. The van der Waals surface area contributed by atoms with E-state index < -0.39 is 17.7 Å². The van der Waals surface area contributed by atoms with Crippen LogP contribution in [0, 0.1) is 5.82 Å². The van der Waals surface area contributed by atoms with Crippen molar-refractivity contribution < 1.29 is 19.4 Å². The SMILES string of the molecule is O=C(O)c1cc(O)n(-c2ncc(F)cn2)n1. The van der Waals surface area contributed by atoms with E-state index in [1.165, 1.54) is 0 Å². The molecule has 0 bridgehead atoms. The average Bonchev–Trinajstić information content (AvgIpc) is 2.62. The first-order valence-corrected chi connectivity index (χ1v) is 4.08. The van der Waals surface area contributed by atoms with Gasteiger partial charge in [0.1, 0.15) is 0 Å². The molecule has 0 aliphatic carbocycles. The third-order valence-corrected chi connectivity index (χ3v) is 1.71. The maximum atomic E-state index is 12.5. The number of carbonyl (C=O) groups is 1. The summed E-state index contributed by atoms with van der Waals surface area (Å²) in [5.74, 6) is -2.50. The van der Waals surface area contributed by atoms with Gasteiger partial charge in [-0.3, -0.25) is 0 Å². The third kappa shape index (κ3) is 1.67. The number of nitrogens with zero attached hydrogens (tertiary/aromatic N) is 4. The standard InChI is InChI=1S/C8H5FN4O3/c9-4-2-10-8(11-3-4)13-6(14)1-5(12-13)7(15)16/h1-3,14H,(H,15,16). The molecule has 0 saturated heterocycles. The molecule has 0 spiro atoms. The molecule has 0 radical (unpaired) electrons. The number of hydrogen-bond donors (Lipinski definition) is 2. The first-order chi connectivity index (χ1) is 7.58. The molecule has 16 heavy (non-hydrogen) atoms. The summed E-state index contributed by atoms with van der Waals surface area (Å²) >= 11 is 0. The summed E-state index contributed by atoms with van der Waals surface area (Å²) < 4.78 is 13.3. The zero-order valence-electron chi connectivity index (χ0n) is 7.70. The molecule has 7 nitrogen and oxygen atoms in total. The maximum absolute atomic E-state index is 12.5. The summed E-state index contributed by atoms with van der Waals surface area (Å²) in [4.78, 5) is 17.7. The van der Waals surface area contributed by atoms with Crippen molar-refractivity contribution in [3.8, 4) is 11.8 Å². The van der Waals surface area contributed by atoms with Crippen LogP contribution < -0.4 is 0 Å². The van der Waals surface area contributed by atoms with Gasteiger partial charge in [-0.1, -0.05) is 0 Å². The van der Waals surface area contributed by atoms with E-state index in [4.69, 9.17) is 5.11 Å². The normalized spacial score (nSPS) is 10.3. The fourth-order valence-electron chi connectivity index (χ4n) is 1.04. The van der Waals surface area contributed by atoms with Gasteiger partial charge in [0.05, 0.1) is 12.4 Å². The van der Waals surface area contributed by atoms with Crippen molar-refractivity contribution in [2.75, 3.05) is 0 Å². The number of halogens is 1. The van der Waals surface area contributed by atoms with Gasteiger partial charge < -0.3 is 10.2 Å². The Kier molecular flexibility index (Phi) is 2.24. The molecule has 0 fully saturated rings. The molecule has 0 atom stereocenters. The molecule has 2 aromatic rings. The predicted octanol–water partition coefficient (Wildman–Crippen LogP) is 0.205. The van der Waals surface area contributed by atoms with Gasteiger partial charge in [-0.2, -0.15) is 9.78 Å². The van der Waals surface area contributed by atoms with E-state index in [1.807, 2.05) is 0 Å². The molecule has 0 aliphatic rings. The molecule has 0 saturated carbocycles. The summed E-state index contributed by atoms with van der Waals surface area (Å²) in [6, 6.07) is 0.940. The first kappa shape index (κ1) is 10.0. The van der Waals surface area contributed by atoms with Crippen molar-refractivity contribution in [1.82, 2.24) is 19.7 Å². The van der Waals surface area contributed by atoms with Crippen molar-refractivity contribution in [2.24, 2.45) is 0 Å². The second kappa shape index (κ2) is 3.57. The van der Waals surface area contributed by atoms with E-state index >= 15 is 0 Å². The summed E-state index contributed by atoms with van der Waals surface area (Å²) in [7, 11) is 0. The zero-order valence-corrected chi connectivity index (χ0v) is 7.70. The Balaban J connectivity index is 2.47. The van der Waals surface area contributed by atoms with E-state index in [2.05, 4.69) is 15.1 Å². The van der Waals surface area contributed by atoms with Crippen LogP contribution in [-0.4, -0.2) is 35.9 Å². The Morgan fingerprint density at radius 3 is 2.50 bits per heavy atom. The quantitative estimate of drug-likeness (QED) is 0.755. The van der Waals surface area contributed by atoms with E-state index in [-0.39, 0.29) is 11.6 Å². The van der Waals surface area contributed by atoms with Crippen LogP contribution in [0.4, 0.5) is 4.39 Å². The van der Waals surface area contributed by atoms with Crippen LogP contribution in [0.25, 0.3) is 5.95 Å². The highest BCUT2D eigenvalue weighted by Gasteiger charge is 2.15. The molecule has 0 aromatic carbocycles. The van der Waals surface area contributed by atoms with E-state index in [0.29, 0.717) is 0 Å². The van der Waals surface area contributed by atoms with Crippen LogP contribution in [0.1, 0.15) is 10.5 Å². The number of aromatic nitrogens is 4. The highest BCUT2D eigenvalue weighted by Crippen LogP contribution is 2.14. The lowest BCUT2D eigenvalue weighted by atomic mass is 10.4. The lowest BCUT2D eigenvalue weighted by Crippen LogP contribution is -2.05. The largest absolute Gasteiger partial charge is 0.493 e. The second-order valence-electron chi connectivity index (χ2n) is 2.81. The van der Waals surface area contributed by atoms with Gasteiger partial charge in [-0.05, 0) is 0 Å². The minimum absolute atomic E-state index is 0.119. The molecule has 8 heteroatoms. The highest BCUT2D eigenvalue weighted by molar-refractivity contribution is 5.85. The summed E-state index contributed by atoms with van der Waals surface area (Å²) in [6.45, 7) is 0. The Morgan fingerprint density at radius 2 is 2.00 bits per heavy atom. The Hall–Kier alpha value is -2.51. The van der Waals surface area contributed by atoms with Gasteiger partial charge in [-0.15, -0.1) is 0 Å². The molecular formula is C8H5FN4O3. The average molecular weight is 224 g/mol. The number of hydrogen-bond acceptors (Lipinski definition) is 5. The number of rotatable bonds is 2. The van der Waals surface area contributed by atoms with Crippen LogP contribution in [0.5, 0.6) is 5.88 Å². The zero-order chi connectivity index (χ0) is 11.7. The Bertz CT molecular complexity index is 537. The maximum Gasteiger partial charge on any atom is 0.356 e.